The van der Waals surface area contributed by atoms with Crippen molar-refractivity contribution in [3.8, 4) is 12.3 Å². The number of nitrogens with one attached hydrogen (secondary N) is 2. The number of rotatable bonds is 5. The summed E-state index contributed by atoms with van der Waals surface area (Å²) in [6, 6.07) is 0.765. The van der Waals surface area contributed by atoms with Gasteiger partial charge in [-0.1, -0.05) is 25.2 Å². The van der Waals surface area contributed by atoms with E-state index in [1.807, 2.05) is 0 Å². The van der Waals surface area contributed by atoms with Crippen LogP contribution in [0.3, 0.4) is 0 Å². The van der Waals surface area contributed by atoms with Gasteiger partial charge < -0.3 is 10.6 Å². The van der Waals surface area contributed by atoms with E-state index < -0.39 is 0 Å². The maximum atomic E-state index is 5.12. The minimum atomic E-state index is 0.687. The van der Waals surface area contributed by atoms with Gasteiger partial charge in [0, 0.05) is 19.1 Å². The molecule has 0 aliphatic heterocycles. The highest BCUT2D eigenvalue weighted by atomic mass is 15.0. The van der Waals surface area contributed by atoms with Crippen LogP contribution in [0.2, 0.25) is 0 Å². The Morgan fingerprint density at radius 3 is 2.62 bits per heavy atom. The fourth-order valence-corrected chi connectivity index (χ4v) is 1.83. The monoisotopic (exact) mass is 180 g/mol. The van der Waals surface area contributed by atoms with Gasteiger partial charge in [-0.05, 0) is 12.8 Å². The summed E-state index contributed by atoms with van der Waals surface area (Å²) in [5.74, 6) is 2.57. The first-order chi connectivity index (χ1) is 6.43. The molecule has 13 heavy (non-hydrogen) atoms. The summed E-state index contributed by atoms with van der Waals surface area (Å²) < 4.78 is 0. The van der Waals surface area contributed by atoms with Gasteiger partial charge in [0.2, 0.25) is 0 Å². The third-order valence-corrected chi connectivity index (χ3v) is 2.57. The Bertz CT molecular complexity index is 154. The van der Waals surface area contributed by atoms with Crippen LogP contribution in [0, 0.1) is 12.3 Å². The van der Waals surface area contributed by atoms with Gasteiger partial charge in [-0.3, -0.25) is 0 Å². The average Bonchev–Trinajstić information content (AvgIpc) is 2.19. The summed E-state index contributed by atoms with van der Waals surface area (Å²) in [5.41, 5.74) is 0. The van der Waals surface area contributed by atoms with E-state index in [4.69, 9.17) is 6.42 Å². The van der Waals surface area contributed by atoms with Crippen LogP contribution in [-0.2, 0) is 0 Å². The summed E-state index contributed by atoms with van der Waals surface area (Å²) >= 11 is 0. The zero-order chi connectivity index (χ0) is 9.36. The summed E-state index contributed by atoms with van der Waals surface area (Å²) in [5, 5.41) is 6.73. The van der Waals surface area contributed by atoms with Crippen molar-refractivity contribution in [1.82, 2.24) is 10.6 Å². The van der Waals surface area contributed by atoms with E-state index in [1.165, 1.54) is 32.1 Å². The molecule has 0 aromatic rings. The minimum absolute atomic E-state index is 0.687. The van der Waals surface area contributed by atoms with Crippen molar-refractivity contribution in [3.05, 3.63) is 0 Å². The normalized spacial score (nSPS) is 18.4. The molecule has 1 aliphatic carbocycles. The van der Waals surface area contributed by atoms with Gasteiger partial charge in [0.05, 0.1) is 6.54 Å². The number of hydrogen-bond donors (Lipinski definition) is 2. The molecule has 0 radical (unpaired) electrons. The fraction of sp³-hybridized carbons (Fsp3) is 0.818. The van der Waals surface area contributed by atoms with Gasteiger partial charge >= 0.3 is 0 Å². The van der Waals surface area contributed by atoms with E-state index in [1.54, 1.807) is 0 Å². The van der Waals surface area contributed by atoms with E-state index >= 15 is 0 Å². The molecule has 74 valence electrons. The molecule has 0 aromatic heterocycles. The summed E-state index contributed by atoms with van der Waals surface area (Å²) in [7, 11) is 0. The highest BCUT2D eigenvalue weighted by Gasteiger charge is 2.11. The lowest BCUT2D eigenvalue weighted by Crippen LogP contribution is -2.36. The fourth-order valence-electron chi connectivity index (χ4n) is 1.83. The lowest BCUT2D eigenvalue weighted by atomic mass is 9.95. The van der Waals surface area contributed by atoms with E-state index in [2.05, 4.69) is 16.6 Å². The lowest BCUT2D eigenvalue weighted by Gasteiger charge is -2.22. The maximum absolute atomic E-state index is 5.12. The quantitative estimate of drug-likeness (QED) is 0.489. The Kier molecular flexibility index (Phi) is 5.64. The van der Waals surface area contributed by atoms with Gasteiger partial charge in [-0.15, -0.1) is 6.42 Å². The molecule has 0 amide bonds. The summed E-state index contributed by atoms with van der Waals surface area (Å²) in [4.78, 5) is 0. The third-order valence-electron chi connectivity index (χ3n) is 2.57. The second-order valence-corrected chi connectivity index (χ2v) is 3.67. The Balaban J connectivity index is 1.90. The largest absolute Gasteiger partial charge is 0.313 e. The van der Waals surface area contributed by atoms with E-state index in [0.717, 1.165) is 19.1 Å². The van der Waals surface area contributed by atoms with Crippen LogP contribution in [0.1, 0.15) is 32.1 Å². The number of hydrogen-bond acceptors (Lipinski definition) is 2. The maximum Gasteiger partial charge on any atom is 0.0574 e. The molecule has 0 heterocycles. The van der Waals surface area contributed by atoms with Crippen LogP contribution in [0.4, 0.5) is 0 Å². The van der Waals surface area contributed by atoms with Crippen molar-refractivity contribution in [3.63, 3.8) is 0 Å². The van der Waals surface area contributed by atoms with Gasteiger partial charge in [0.1, 0.15) is 0 Å². The number of terminal acetylenes is 1. The van der Waals surface area contributed by atoms with Crippen LogP contribution in [0.15, 0.2) is 0 Å². The molecular formula is C11H20N2. The van der Waals surface area contributed by atoms with E-state index in [-0.39, 0.29) is 0 Å². The molecule has 1 saturated carbocycles. The van der Waals surface area contributed by atoms with E-state index in [0.29, 0.717) is 6.54 Å². The zero-order valence-electron chi connectivity index (χ0n) is 8.31. The topological polar surface area (TPSA) is 24.1 Å². The van der Waals surface area contributed by atoms with Crippen molar-refractivity contribution < 1.29 is 0 Å². The van der Waals surface area contributed by atoms with Crippen molar-refractivity contribution in [2.75, 3.05) is 19.6 Å². The van der Waals surface area contributed by atoms with Gasteiger partial charge in [-0.25, -0.2) is 0 Å². The Morgan fingerprint density at radius 1 is 1.15 bits per heavy atom. The molecule has 1 fully saturated rings. The standard InChI is InChI=1S/C11H20N2/c1-2-8-12-9-10-13-11-6-4-3-5-7-11/h1,11-13H,3-10H2. The first kappa shape index (κ1) is 10.6. The second-order valence-electron chi connectivity index (χ2n) is 3.67. The van der Waals surface area contributed by atoms with Crippen molar-refractivity contribution in [2.45, 2.75) is 38.1 Å². The van der Waals surface area contributed by atoms with Crippen molar-refractivity contribution in [2.24, 2.45) is 0 Å². The van der Waals surface area contributed by atoms with E-state index in [9.17, 15) is 0 Å². The first-order valence-electron chi connectivity index (χ1n) is 5.31. The predicted octanol–water partition coefficient (Wildman–Crippen LogP) is 1.13. The van der Waals surface area contributed by atoms with Gasteiger partial charge in [0.25, 0.3) is 0 Å². The SMILES string of the molecule is C#CCNCCNC1CCCCC1. The van der Waals surface area contributed by atoms with Gasteiger partial charge in [-0.2, -0.15) is 0 Å². The third kappa shape index (κ3) is 4.92. The zero-order valence-corrected chi connectivity index (χ0v) is 8.31. The van der Waals surface area contributed by atoms with Crippen LogP contribution < -0.4 is 10.6 Å². The molecule has 0 aromatic carbocycles. The Morgan fingerprint density at radius 2 is 1.92 bits per heavy atom. The molecule has 2 nitrogen and oxygen atoms in total. The molecule has 0 unspecified atom stereocenters. The van der Waals surface area contributed by atoms with Crippen molar-refractivity contribution >= 4 is 0 Å². The average molecular weight is 180 g/mol. The molecule has 0 spiro atoms. The molecule has 0 atom stereocenters. The predicted molar refractivity (Wildman–Crippen MR) is 56.6 cm³/mol. The van der Waals surface area contributed by atoms with Crippen molar-refractivity contribution in [1.29, 1.82) is 0 Å². The van der Waals surface area contributed by atoms with Crippen LogP contribution in [-0.4, -0.2) is 25.7 Å². The highest BCUT2D eigenvalue weighted by Crippen LogP contribution is 2.16. The highest BCUT2D eigenvalue weighted by molar-refractivity contribution is 4.86. The molecule has 0 bridgehead atoms. The first-order valence-corrected chi connectivity index (χ1v) is 5.31. The molecular weight excluding hydrogens is 160 g/mol. The Hall–Kier alpha value is -0.520. The second kappa shape index (κ2) is 6.94. The molecule has 1 aliphatic rings. The van der Waals surface area contributed by atoms with Crippen LogP contribution in [0.5, 0.6) is 0 Å². The van der Waals surface area contributed by atoms with Crippen LogP contribution >= 0.6 is 0 Å². The summed E-state index contributed by atoms with van der Waals surface area (Å²) in [6.07, 6.45) is 12.1. The minimum Gasteiger partial charge on any atom is -0.313 e. The van der Waals surface area contributed by atoms with Gasteiger partial charge in [0.15, 0.2) is 0 Å². The molecule has 2 N–H and O–H groups in total. The molecule has 2 heteroatoms. The lowest BCUT2D eigenvalue weighted by molar-refractivity contribution is 0.374. The summed E-state index contributed by atoms with van der Waals surface area (Å²) in [6.45, 7) is 2.72. The smallest absolute Gasteiger partial charge is 0.0574 e. The molecule has 1 rings (SSSR count). The van der Waals surface area contributed by atoms with Crippen LogP contribution in [0.25, 0.3) is 0 Å². The molecule has 0 saturated heterocycles. The Labute approximate surface area is 81.5 Å².